The third kappa shape index (κ3) is 3.53. The molecular formula is C19H20F3N5. The van der Waals surface area contributed by atoms with Crippen LogP contribution in [0.3, 0.4) is 0 Å². The number of aromatic nitrogens is 4. The normalized spacial score (nSPS) is 18.4. The minimum Gasteiger partial charge on any atom is -0.289 e. The lowest BCUT2D eigenvalue weighted by Gasteiger charge is -2.22. The van der Waals surface area contributed by atoms with Gasteiger partial charge < -0.3 is 0 Å². The van der Waals surface area contributed by atoms with Crippen LogP contribution in [0.1, 0.15) is 48.6 Å². The Labute approximate surface area is 154 Å². The van der Waals surface area contributed by atoms with Gasteiger partial charge in [-0.2, -0.15) is 18.3 Å². The van der Waals surface area contributed by atoms with Gasteiger partial charge in [-0.25, -0.2) is 9.50 Å². The molecule has 1 atom stereocenters. The molecule has 5 nitrogen and oxygen atoms in total. The molecule has 0 bridgehead atoms. The van der Waals surface area contributed by atoms with Crippen LogP contribution in [0.15, 0.2) is 36.5 Å². The molecule has 1 saturated heterocycles. The van der Waals surface area contributed by atoms with Crippen molar-refractivity contribution in [1.82, 2.24) is 24.5 Å². The van der Waals surface area contributed by atoms with Crippen molar-refractivity contribution in [1.29, 1.82) is 0 Å². The third-order valence-corrected chi connectivity index (χ3v) is 4.95. The molecule has 1 aliphatic heterocycles. The smallest absolute Gasteiger partial charge is 0.289 e. The van der Waals surface area contributed by atoms with E-state index < -0.39 is 11.9 Å². The van der Waals surface area contributed by atoms with Gasteiger partial charge in [0.25, 0.3) is 0 Å². The van der Waals surface area contributed by atoms with Crippen LogP contribution < -0.4 is 0 Å². The minimum absolute atomic E-state index is 0.0279. The summed E-state index contributed by atoms with van der Waals surface area (Å²) in [5.41, 5.74) is 1.47. The van der Waals surface area contributed by atoms with Crippen LogP contribution in [0, 0.1) is 0 Å². The number of pyridine rings is 1. The molecule has 0 saturated carbocycles. The Hall–Kier alpha value is -2.48. The van der Waals surface area contributed by atoms with Crippen LogP contribution in [0.4, 0.5) is 13.2 Å². The molecule has 0 radical (unpaired) electrons. The zero-order chi connectivity index (χ0) is 19.0. The van der Waals surface area contributed by atoms with Crippen molar-refractivity contribution in [2.75, 3.05) is 6.54 Å². The lowest BCUT2D eigenvalue weighted by molar-refractivity contribution is -0.142. The molecular weight excluding hydrogens is 355 g/mol. The lowest BCUT2D eigenvalue weighted by atomic mass is 10.1. The van der Waals surface area contributed by atoms with Crippen molar-refractivity contribution in [3.8, 4) is 0 Å². The van der Waals surface area contributed by atoms with E-state index in [0.717, 1.165) is 35.7 Å². The van der Waals surface area contributed by atoms with Crippen molar-refractivity contribution in [3.63, 3.8) is 0 Å². The Morgan fingerprint density at radius 3 is 2.74 bits per heavy atom. The Morgan fingerprint density at radius 1 is 1.19 bits per heavy atom. The summed E-state index contributed by atoms with van der Waals surface area (Å²) in [4.78, 5) is 10.9. The van der Waals surface area contributed by atoms with Gasteiger partial charge in [0, 0.05) is 24.5 Å². The van der Waals surface area contributed by atoms with E-state index in [1.165, 1.54) is 0 Å². The van der Waals surface area contributed by atoms with E-state index in [9.17, 15) is 13.2 Å². The van der Waals surface area contributed by atoms with Crippen molar-refractivity contribution in [2.45, 2.75) is 44.9 Å². The number of aryl methyl sites for hydroxylation is 1. The Morgan fingerprint density at radius 2 is 2.04 bits per heavy atom. The summed E-state index contributed by atoms with van der Waals surface area (Å²) < 4.78 is 41.4. The molecule has 0 aliphatic carbocycles. The van der Waals surface area contributed by atoms with Crippen molar-refractivity contribution < 1.29 is 13.2 Å². The molecule has 3 aromatic rings. The monoisotopic (exact) mass is 375 g/mol. The summed E-state index contributed by atoms with van der Waals surface area (Å²) in [5, 5.41) is 4.30. The predicted molar refractivity (Wildman–Crippen MR) is 94.0 cm³/mol. The van der Waals surface area contributed by atoms with E-state index in [-0.39, 0.29) is 11.7 Å². The molecule has 0 amide bonds. The summed E-state index contributed by atoms with van der Waals surface area (Å²) >= 11 is 0. The second-order valence-corrected chi connectivity index (χ2v) is 6.77. The fourth-order valence-electron chi connectivity index (χ4n) is 3.64. The summed E-state index contributed by atoms with van der Waals surface area (Å²) in [7, 11) is 0. The largest absolute Gasteiger partial charge is 0.433 e. The zero-order valence-electron chi connectivity index (χ0n) is 14.9. The van der Waals surface area contributed by atoms with E-state index in [1.54, 1.807) is 19.2 Å². The van der Waals surface area contributed by atoms with E-state index in [1.807, 2.05) is 18.2 Å². The maximum atomic E-state index is 13.5. The molecule has 3 aromatic heterocycles. The average Bonchev–Trinajstić information content (AvgIpc) is 3.26. The number of rotatable bonds is 4. The third-order valence-electron chi connectivity index (χ3n) is 4.95. The highest BCUT2D eigenvalue weighted by atomic mass is 19.4. The molecule has 0 N–H and O–H groups in total. The van der Waals surface area contributed by atoms with Crippen molar-refractivity contribution in [3.05, 3.63) is 59.3 Å². The molecule has 0 aromatic carbocycles. The summed E-state index contributed by atoms with van der Waals surface area (Å²) in [6.07, 6.45) is -0.450. The maximum absolute atomic E-state index is 13.5. The molecule has 4 heterocycles. The fourth-order valence-corrected chi connectivity index (χ4v) is 3.64. The van der Waals surface area contributed by atoms with Gasteiger partial charge in [0.15, 0.2) is 5.65 Å². The van der Waals surface area contributed by atoms with E-state index in [0.29, 0.717) is 24.4 Å². The SMILES string of the molecule is CCc1cc(C(F)(F)F)n2nc([C@@H]3CCCN3Cc3ccccn3)cc2n1. The first kappa shape index (κ1) is 17.9. The first-order valence-corrected chi connectivity index (χ1v) is 9.06. The van der Waals surface area contributed by atoms with E-state index in [2.05, 4.69) is 20.0 Å². The predicted octanol–water partition coefficient (Wildman–Crippen LogP) is 4.04. The standard InChI is InChI=1S/C19H20F3N5/c1-2-13-10-17(19(20,21)22)27-18(24-13)11-15(25-27)16-7-5-9-26(16)12-14-6-3-4-8-23-14/h3-4,6,8,10-11,16H,2,5,7,9,12H2,1H3/t16-/m0/s1. The number of hydrogen-bond donors (Lipinski definition) is 0. The number of likely N-dealkylation sites (tertiary alicyclic amines) is 1. The molecule has 0 spiro atoms. The number of nitrogens with zero attached hydrogens (tertiary/aromatic N) is 5. The van der Waals surface area contributed by atoms with Gasteiger partial charge in [-0.1, -0.05) is 13.0 Å². The van der Waals surface area contributed by atoms with Crippen molar-refractivity contribution in [2.24, 2.45) is 0 Å². The summed E-state index contributed by atoms with van der Waals surface area (Å²) in [6, 6.07) is 8.50. The Balaban J connectivity index is 1.71. The van der Waals surface area contributed by atoms with Gasteiger partial charge in [-0.05, 0) is 44.0 Å². The van der Waals surface area contributed by atoms with Gasteiger partial charge in [0.05, 0.1) is 17.4 Å². The number of alkyl halides is 3. The van der Waals surface area contributed by atoms with Crippen LogP contribution in [-0.2, 0) is 19.1 Å². The number of hydrogen-bond acceptors (Lipinski definition) is 4. The highest BCUT2D eigenvalue weighted by molar-refractivity contribution is 5.43. The van der Waals surface area contributed by atoms with Crippen LogP contribution in [0.5, 0.6) is 0 Å². The topological polar surface area (TPSA) is 46.3 Å². The van der Waals surface area contributed by atoms with Crippen molar-refractivity contribution >= 4 is 5.65 Å². The van der Waals surface area contributed by atoms with Gasteiger partial charge in [0.2, 0.25) is 0 Å². The first-order chi connectivity index (χ1) is 13.0. The number of fused-ring (bicyclic) bond motifs is 1. The zero-order valence-corrected chi connectivity index (χ0v) is 14.9. The average molecular weight is 375 g/mol. The molecule has 8 heteroatoms. The Kier molecular flexibility index (Phi) is 4.59. The summed E-state index contributed by atoms with van der Waals surface area (Å²) in [6.45, 7) is 3.32. The molecule has 1 fully saturated rings. The number of halogens is 3. The van der Waals surface area contributed by atoms with Crippen LogP contribution in [0.2, 0.25) is 0 Å². The second-order valence-electron chi connectivity index (χ2n) is 6.77. The van der Waals surface area contributed by atoms with Gasteiger partial charge in [-0.15, -0.1) is 0 Å². The van der Waals surface area contributed by atoms with Crippen LogP contribution >= 0.6 is 0 Å². The van der Waals surface area contributed by atoms with Gasteiger partial charge in [-0.3, -0.25) is 9.88 Å². The van der Waals surface area contributed by atoms with Gasteiger partial charge in [0.1, 0.15) is 5.69 Å². The van der Waals surface area contributed by atoms with E-state index in [4.69, 9.17) is 0 Å². The lowest BCUT2D eigenvalue weighted by Crippen LogP contribution is -2.23. The van der Waals surface area contributed by atoms with Crippen LogP contribution in [0.25, 0.3) is 5.65 Å². The van der Waals surface area contributed by atoms with E-state index >= 15 is 0 Å². The summed E-state index contributed by atoms with van der Waals surface area (Å²) in [5.74, 6) is 0. The molecule has 0 unspecified atom stereocenters. The fraction of sp³-hybridized carbons (Fsp3) is 0.421. The maximum Gasteiger partial charge on any atom is 0.433 e. The highest BCUT2D eigenvalue weighted by Gasteiger charge is 2.36. The first-order valence-electron chi connectivity index (χ1n) is 9.06. The molecule has 142 valence electrons. The Bertz CT molecular complexity index is 936. The highest BCUT2D eigenvalue weighted by Crippen LogP contribution is 2.35. The second kappa shape index (κ2) is 6.92. The molecule has 4 rings (SSSR count). The minimum atomic E-state index is -4.47. The van der Waals surface area contributed by atoms with Crippen LogP contribution in [-0.4, -0.2) is 31.0 Å². The van der Waals surface area contributed by atoms with Gasteiger partial charge >= 0.3 is 6.18 Å². The molecule has 27 heavy (non-hydrogen) atoms. The quantitative estimate of drug-likeness (QED) is 0.690. The molecule has 1 aliphatic rings.